The van der Waals surface area contributed by atoms with E-state index in [1.165, 1.54) is 0 Å². The zero-order valence-corrected chi connectivity index (χ0v) is 8.16. The van der Waals surface area contributed by atoms with E-state index in [4.69, 9.17) is 5.02 Å². The molecule has 0 saturated carbocycles. The zero-order chi connectivity index (χ0) is 9.94. The van der Waals surface area contributed by atoms with Crippen molar-refractivity contribution in [2.45, 2.75) is 32.5 Å². The van der Waals surface area contributed by atoms with Crippen molar-refractivity contribution < 1.29 is 14.6 Å². The van der Waals surface area contributed by atoms with Gasteiger partial charge in [0, 0.05) is 0 Å². The molecule has 76 valence electrons. The minimum absolute atomic E-state index is 0.418. The molecule has 0 amide bonds. The SMILES string of the molecule is CB(O)NCCCCCCOC=O. The van der Waals surface area contributed by atoms with Gasteiger partial charge in [-0.1, -0.05) is 12.8 Å². The van der Waals surface area contributed by atoms with Crippen LogP contribution >= 0.6 is 0 Å². The average molecular weight is 187 g/mol. The maximum atomic E-state index is 9.75. The van der Waals surface area contributed by atoms with Crippen molar-refractivity contribution in [1.29, 1.82) is 0 Å². The zero-order valence-electron chi connectivity index (χ0n) is 8.16. The van der Waals surface area contributed by atoms with Gasteiger partial charge >= 0.3 is 7.05 Å². The van der Waals surface area contributed by atoms with Crippen molar-refractivity contribution in [3.05, 3.63) is 0 Å². The Bertz CT molecular complexity index is 122. The van der Waals surface area contributed by atoms with Crippen LogP contribution in [0.3, 0.4) is 0 Å². The average Bonchev–Trinajstić information content (AvgIpc) is 2.09. The van der Waals surface area contributed by atoms with Gasteiger partial charge in [0.2, 0.25) is 0 Å². The first-order valence-electron chi connectivity index (χ1n) is 4.74. The maximum absolute atomic E-state index is 9.75. The Kier molecular flexibility index (Phi) is 9.14. The Morgan fingerprint density at radius 1 is 1.38 bits per heavy atom. The van der Waals surface area contributed by atoms with E-state index >= 15 is 0 Å². The molecule has 0 aliphatic heterocycles. The summed E-state index contributed by atoms with van der Waals surface area (Å²) in [6.45, 7) is 3.55. The van der Waals surface area contributed by atoms with Crippen LogP contribution in [0.5, 0.6) is 0 Å². The van der Waals surface area contributed by atoms with Crippen LogP contribution in [0.15, 0.2) is 0 Å². The molecular formula is C8H18BNO3. The first kappa shape index (κ1) is 12.5. The fourth-order valence-electron chi connectivity index (χ4n) is 1.02. The molecule has 0 radical (unpaired) electrons. The molecule has 0 unspecified atom stereocenters. The summed E-state index contributed by atoms with van der Waals surface area (Å²) in [7, 11) is -0.418. The predicted molar refractivity (Wildman–Crippen MR) is 52.3 cm³/mol. The Hall–Kier alpha value is -0.545. The smallest absolute Gasteiger partial charge is 0.373 e. The van der Waals surface area contributed by atoms with Gasteiger partial charge in [-0.2, -0.15) is 0 Å². The molecule has 0 aromatic rings. The molecular weight excluding hydrogens is 169 g/mol. The number of carbonyl (C=O) groups is 1. The number of nitrogens with one attached hydrogen (secondary N) is 1. The van der Waals surface area contributed by atoms with Gasteiger partial charge < -0.3 is 15.0 Å². The Balaban J connectivity index is 2.87. The van der Waals surface area contributed by atoms with Crippen molar-refractivity contribution in [3.8, 4) is 0 Å². The van der Waals surface area contributed by atoms with E-state index in [9.17, 15) is 4.79 Å². The number of carbonyl (C=O) groups excluding carboxylic acids is 1. The van der Waals surface area contributed by atoms with Crippen LogP contribution in [0.1, 0.15) is 25.7 Å². The van der Waals surface area contributed by atoms with Crippen molar-refractivity contribution in [3.63, 3.8) is 0 Å². The van der Waals surface area contributed by atoms with E-state index in [-0.39, 0.29) is 0 Å². The predicted octanol–water partition coefficient (Wildman–Crippen LogP) is 0.420. The molecule has 0 bridgehead atoms. The number of hydrogen-bond donors (Lipinski definition) is 2. The van der Waals surface area contributed by atoms with E-state index < -0.39 is 7.05 Å². The summed E-state index contributed by atoms with van der Waals surface area (Å²) < 4.78 is 4.54. The van der Waals surface area contributed by atoms with Crippen LogP contribution in [0.4, 0.5) is 0 Å². The second-order valence-corrected chi connectivity index (χ2v) is 3.01. The van der Waals surface area contributed by atoms with Gasteiger partial charge in [-0.05, 0) is 26.2 Å². The minimum atomic E-state index is -0.418. The molecule has 2 N–H and O–H groups in total. The molecule has 0 aliphatic rings. The largest absolute Gasteiger partial charge is 0.468 e. The van der Waals surface area contributed by atoms with E-state index in [2.05, 4.69) is 9.96 Å². The topological polar surface area (TPSA) is 58.6 Å². The molecule has 13 heavy (non-hydrogen) atoms. The molecule has 0 aliphatic carbocycles. The van der Waals surface area contributed by atoms with Gasteiger partial charge in [-0.3, -0.25) is 4.79 Å². The highest BCUT2D eigenvalue weighted by molar-refractivity contribution is 6.45. The first-order chi connectivity index (χ1) is 6.27. The number of rotatable bonds is 9. The number of hydrogen-bond acceptors (Lipinski definition) is 4. The normalized spacial score (nSPS) is 9.69. The van der Waals surface area contributed by atoms with Gasteiger partial charge in [0.05, 0.1) is 6.61 Å². The van der Waals surface area contributed by atoms with E-state index in [1.807, 2.05) is 0 Å². The van der Waals surface area contributed by atoms with Crippen LogP contribution in [-0.4, -0.2) is 31.7 Å². The summed E-state index contributed by atoms with van der Waals surface area (Å²) >= 11 is 0. The molecule has 0 aromatic heterocycles. The minimum Gasteiger partial charge on any atom is -0.468 e. The molecule has 0 fully saturated rings. The lowest BCUT2D eigenvalue weighted by molar-refractivity contribution is -0.128. The highest BCUT2D eigenvalue weighted by atomic mass is 16.5. The molecule has 5 heteroatoms. The molecule has 4 nitrogen and oxygen atoms in total. The van der Waals surface area contributed by atoms with Gasteiger partial charge in [-0.25, -0.2) is 0 Å². The van der Waals surface area contributed by atoms with E-state index in [0.717, 1.165) is 32.2 Å². The van der Waals surface area contributed by atoms with Gasteiger partial charge in [0.1, 0.15) is 0 Å². The first-order valence-corrected chi connectivity index (χ1v) is 4.74. The standard InChI is InChI=1S/C8H18BNO3/c1-9(12)10-6-4-2-3-5-7-13-8-11/h8,10,12H,2-7H2,1H3. The summed E-state index contributed by atoms with van der Waals surface area (Å²) in [4.78, 5) is 9.75. The van der Waals surface area contributed by atoms with Crippen LogP contribution in [-0.2, 0) is 9.53 Å². The van der Waals surface area contributed by atoms with Crippen molar-refractivity contribution in [1.82, 2.24) is 5.23 Å². The van der Waals surface area contributed by atoms with Crippen LogP contribution < -0.4 is 5.23 Å². The third-order valence-corrected chi connectivity index (χ3v) is 1.70. The quantitative estimate of drug-likeness (QED) is 0.312. The number of unbranched alkanes of at least 4 members (excludes halogenated alkanes) is 3. The summed E-state index contributed by atoms with van der Waals surface area (Å²) in [5, 5.41) is 11.8. The Labute approximate surface area is 79.8 Å². The fourth-order valence-corrected chi connectivity index (χ4v) is 1.02. The second kappa shape index (κ2) is 9.54. The molecule has 0 saturated heterocycles. The Morgan fingerprint density at radius 3 is 2.69 bits per heavy atom. The molecule has 0 spiro atoms. The van der Waals surface area contributed by atoms with Gasteiger partial charge in [0.15, 0.2) is 0 Å². The Morgan fingerprint density at radius 2 is 2.08 bits per heavy atom. The van der Waals surface area contributed by atoms with Gasteiger partial charge in [0.25, 0.3) is 6.47 Å². The third kappa shape index (κ3) is 11.5. The molecule has 0 atom stereocenters. The summed E-state index contributed by atoms with van der Waals surface area (Å²) in [5.74, 6) is 0. The highest BCUT2D eigenvalue weighted by Gasteiger charge is 1.98. The molecule has 0 aromatic carbocycles. The van der Waals surface area contributed by atoms with Crippen molar-refractivity contribution in [2.24, 2.45) is 0 Å². The fraction of sp³-hybridized carbons (Fsp3) is 0.875. The summed E-state index contributed by atoms with van der Waals surface area (Å²) in [6.07, 6.45) is 4.14. The van der Waals surface area contributed by atoms with Crippen molar-refractivity contribution >= 4 is 13.5 Å². The second-order valence-electron chi connectivity index (χ2n) is 3.01. The van der Waals surface area contributed by atoms with E-state index in [0.29, 0.717) is 13.1 Å². The molecule has 0 rings (SSSR count). The van der Waals surface area contributed by atoms with Crippen LogP contribution in [0.25, 0.3) is 0 Å². The monoisotopic (exact) mass is 187 g/mol. The van der Waals surface area contributed by atoms with Gasteiger partial charge in [-0.15, -0.1) is 0 Å². The third-order valence-electron chi connectivity index (χ3n) is 1.70. The lowest BCUT2D eigenvalue weighted by Crippen LogP contribution is -2.31. The van der Waals surface area contributed by atoms with Crippen LogP contribution in [0.2, 0.25) is 6.82 Å². The number of ether oxygens (including phenoxy) is 1. The summed E-state index contributed by atoms with van der Waals surface area (Å²) in [6, 6.07) is 0. The highest BCUT2D eigenvalue weighted by Crippen LogP contribution is 1.98. The maximum Gasteiger partial charge on any atom is 0.373 e. The molecule has 0 heterocycles. The summed E-state index contributed by atoms with van der Waals surface area (Å²) in [5.41, 5.74) is 0. The van der Waals surface area contributed by atoms with Crippen molar-refractivity contribution in [2.75, 3.05) is 13.2 Å². The van der Waals surface area contributed by atoms with E-state index in [1.54, 1.807) is 6.82 Å². The lowest BCUT2D eigenvalue weighted by atomic mass is 9.89. The lowest BCUT2D eigenvalue weighted by Gasteiger charge is -2.03. The van der Waals surface area contributed by atoms with Crippen LogP contribution in [0, 0.1) is 0 Å².